The molecule has 2 heteroatoms. The van der Waals surface area contributed by atoms with Gasteiger partial charge in [0.2, 0.25) is 0 Å². The monoisotopic (exact) mass is 205 g/mol. The Morgan fingerprint density at radius 2 is 2.20 bits per heavy atom. The second kappa shape index (κ2) is 5.56. The summed E-state index contributed by atoms with van der Waals surface area (Å²) in [5.41, 5.74) is 8.16. The zero-order chi connectivity index (χ0) is 11.3. The summed E-state index contributed by atoms with van der Waals surface area (Å²) in [7, 11) is 0. The highest BCUT2D eigenvalue weighted by atomic mass is 16.5. The van der Waals surface area contributed by atoms with Gasteiger partial charge < -0.3 is 10.5 Å². The molecule has 0 spiro atoms. The normalized spacial score (nSPS) is 12.0. The molecule has 1 aromatic carbocycles. The maximum atomic E-state index is 5.79. The Labute approximate surface area is 91.7 Å². The molecule has 15 heavy (non-hydrogen) atoms. The fourth-order valence-corrected chi connectivity index (χ4v) is 1.19. The van der Waals surface area contributed by atoms with Gasteiger partial charge in [-0.3, -0.25) is 0 Å². The summed E-state index contributed by atoms with van der Waals surface area (Å²) in [5.74, 6) is 0.877. The first-order valence-corrected chi connectivity index (χ1v) is 5.21. The molecule has 0 saturated carbocycles. The third kappa shape index (κ3) is 4.17. The van der Waals surface area contributed by atoms with Gasteiger partial charge in [0.25, 0.3) is 0 Å². The minimum absolute atomic E-state index is 0.0528. The molecule has 0 aliphatic heterocycles. The molecule has 82 valence electrons. The molecule has 1 rings (SSSR count). The van der Waals surface area contributed by atoms with E-state index in [1.807, 2.05) is 31.2 Å². The van der Waals surface area contributed by atoms with Crippen LogP contribution in [0.1, 0.15) is 32.4 Å². The Hall–Kier alpha value is -1.28. The number of hydrogen-bond donors (Lipinski definition) is 1. The van der Waals surface area contributed by atoms with Crippen molar-refractivity contribution in [2.45, 2.75) is 26.8 Å². The van der Waals surface area contributed by atoms with Gasteiger partial charge in [0, 0.05) is 6.04 Å². The van der Waals surface area contributed by atoms with Crippen LogP contribution in [0.5, 0.6) is 5.75 Å². The van der Waals surface area contributed by atoms with Crippen LogP contribution < -0.4 is 10.5 Å². The number of hydrogen-bond acceptors (Lipinski definition) is 2. The van der Waals surface area contributed by atoms with Gasteiger partial charge in [-0.25, -0.2) is 0 Å². The van der Waals surface area contributed by atoms with Gasteiger partial charge >= 0.3 is 0 Å². The van der Waals surface area contributed by atoms with Gasteiger partial charge in [-0.1, -0.05) is 17.7 Å². The molecule has 0 aliphatic carbocycles. The van der Waals surface area contributed by atoms with Gasteiger partial charge in [-0.2, -0.15) is 0 Å². The van der Waals surface area contributed by atoms with Crippen LogP contribution in [0.25, 0.3) is 0 Å². The SMILES string of the molecule is CC(C)=CCOc1cccc(C(C)N)c1. The highest BCUT2D eigenvalue weighted by Crippen LogP contribution is 2.17. The Balaban J connectivity index is 2.62. The summed E-state index contributed by atoms with van der Waals surface area (Å²) in [6.07, 6.45) is 2.05. The van der Waals surface area contributed by atoms with E-state index in [1.54, 1.807) is 0 Å². The number of nitrogens with two attached hydrogens (primary N) is 1. The lowest BCUT2D eigenvalue weighted by atomic mass is 10.1. The summed E-state index contributed by atoms with van der Waals surface area (Å²) in [4.78, 5) is 0. The van der Waals surface area contributed by atoms with Gasteiger partial charge in [0.05, 0.1) is 0 Å². The summed E-state index contributed by atoms with van der Waals surface area (Å²) in [6.45, 7) is 6.70. The summed E-state index contributed by atoms with van der Waals surface area (Å²) in [6, 6.07) is 7.97. The summed E-state index contributed by atoms with van der Waals surface area (Å²) in [5, 5.41) is 0. The average molecular weight is 205 g/mol. The Kier molecular flexibility index (Phi) is 4.37. The van der Waals surface area contributed by atoms with Crippen molar-refractivity contribution < 1.29 is 4.74 Å². The minimum Gasteiger partial charge on any atom is -0.490 e. The van der Waals surface area contributed by atoms with E-state index in [0.717, 1.165) is 11.3 Å². The van der Waals surface area contributed by atoms with Gasteiger partial charge in [-0.05, 0) is 44.5 Å². The molecule has 0 saturated heterocycles. The molecule has 0 aromatic heterocycles. The zero-order valence-corrected chi connectivity index (χ0v) is 9.66. The van der Waals surface area contributed by atoms with Crippen LogP contribution in [0.3, 0.4) is 0 Å². The number of allylic oxidation sites excluding steroid dienone is 1. The second-order valence-electron chi connectivity index (χ2n) is 3.95. The van der Waals surface area contributed by atoms with Crippen molar-refractivity contribution in [1.29, 1.82) is 0 Å². The van der Waals surface area contributed by atoms with E-state index < -0.39 is 0 Å². The topological polar surface area (TPSA) is 35.2 Å². The van der Waals surface area contributed by atoms with Crippen molar-refractivity contribution in [2.75, 3.05) is 6.61 Å². The minimum atomic E-state index is 0.0528. The van der Waals surface area contributed by atoms with Crippen LogP contribution in [0.4, 0.5) is 0 Å². The molecular weight excluding hydrogens is 186 g/mol. The van der Waals surface area contributed by atoms with Crippen LogP contribution in [0.15, 0.2) is 35.9 Å². The first-order chi connectivity index (χ1) is 7.09. The van der Waals surface area contributed by atoms with Crippen molar-refractivity contribution in [3.8, 4) is 5.75 Å². The molecule has 0 fully saturated rings. The van der Waals surface area contributed by atoms with Crippen LogP contribution >= 0.6 is 0 Å². The molecular formula is C13H19NO. The van der Waals surface area contributed by atoms with Crippen molar-refractivity contribution in [1.82, 2.24) is 0 Å². The van der Waals surface area contributed by atoms with Crippen molar-refractivity contribution in [3.63, 3.8) is 0 Å². The van der Waals surface area contributed by atoms with Crippen molar-refractivity contribution in [3.05, 3.63) is 41.5 Å². The van der Waals surface area contributed by atoms with Crippen LogP contribution in [0, 0.1) is 0 Å². The molecule has 0 aliphatic rings. The second-order valence-corrected chi connectivity index (χ2v) is 3.95. The molecule has 1 unspecified atom stereocenters. The van der Waals surface area contributed by atoms with E-state index in [4.69, 9.17) is 10.5 Å². The molecule has 1 aromatic rings. The number of benzene rings is 1. The molecule has 2 N–H and O–H groups in total. The molecule has 2 nitrogen and oxygen atoms in total. The van der Waals surface area contributed by atoms with E-state index in [-0.39, 0.29) is 6.04 Å². The predicted octanol–water partition coefficient (Wildman–Crippen LogP) is 3.05. The predicted molar refractivity (Wildman–Crippen MR) is 64.0 cm³/mol. The molecule has 0 bridgehead atoms. The molecule has 0 radical (unpaired) electrons. The summed E-state index contributed by atoms with van der Waals surface area (Å²) >= 11 is 0. The fraction of sp³-hybridized carbons (Fsp3) is 0.385. The van der Waals surface area contributed by atoms with Crippen molar-refractivity contribution >= 4 is 0 Å². The Bertz CT molecular complexity index is 338. The first-order valence-electron chi connectivity index (χ1n) is 5.21. The maximum absolute atomic E-state index is 5.79. The van der Waals surface area contributed by atoms with Crippen LogP contribution in [0.2, 0.25) is 0 Å². The van der Waals surface area contributed by atoms with Gasteiger partial charge in [0.1, 0.15) is 12.4 Å². The lowest BCUT2D eigenvalue weighted by Gasteiger charge is -2.08. The third-order valence-electron chi connectivity index (χ3n) is 2.13. The van der Waals surface area contributed by atoms with E-state index in [0.29, 0.717) is 6.61 Å². The van der Waals surface area contributed by atoms with E-state index >= 15 is 0 Å². The lowest BCUT2D eigenvalue weighted by Crippen LogP contribution is -2.05. The van der Waals surface area contributed by atoms with Crippen LogP contribution in [-0.4, -0.2) is 6.61 Å². The third-order valence-corrected chi connectivity index (χ3v) is 2.13. The quantitative estimate of drug-likeness (QED) is 0.767. The van der Waals surface area contributed by atoms with E-state index in [9.17, 15) is 0 Å². The fourth-order valence-electron chi connectivity index (χ4n) is 1.19. The van der Waals surface area contributed by atoms with Crippen molar-refractivity contribution in [2.24, 2.45) is 5.73 Å². The first kappa shape index (κ1) is 11.8. The van der Waals surface area contributed by atoms with Crippen LogP contribution in [-0.2, 0) is 0 Å². The Morgan fingerprint density at radius 3 is 2.80 bits per heavy atom. The highest BCUT2D eigenvalue weighted by molar-refractivity contribution is 5.30. The zero-order valence-electron chi connectivity index (χ0n) is 9.66. The number of rotatable bonds is 4. The van der Waals surface area contributed by atoms with E-state index in [2.05, 4.69) is 19.9 Å². The Morgan fingerprint density at radius 1 is 1.47 bits per heavy atom. The largest absolute Gasteiger partial charge is 0.490 e. The number of ether oxygens (including phenoxy) is 1. The molecule has 1 atom stereocenters. The molecule has 0 heterocycles. The smallest absolute Gasteiger partial charge is 0.120 e. The maximum Gasteiger partial charge on any atom is 0.120 e. The van der Waals surface area contributed by atoms with E-state index in [1.165, 1.54) is 5.57 Å². The van der Waals surface area contributed by atoms with Gasteiger partial charge in [-0.15, -0.1) is 0 Å². The average Bonchev–Trinajstić information content (AvgIpc) is 2.17. The lowest BCUT2D eigenvalue weighted by molar-refractivity contribution is 0.361. The standard InChI is InChI=1S/C13H19NO/c1-10(2)7-8-15-13-6-4-5-12(9-13)11(3)14/h4-7,9,11H,8,14H2,1-3H3. The summed E-state index contributed by atoms with van der Waals surface area (Å²) < 4.78 is 5.58. The molecule has 0 amide bonds. The highest BCUT2D eigenvalue weighted by Gasteiger charge is 2.00. The van der Waals surface area contributed by atoms with Gasteiger partial charge in [0.15, 0.2) is 0 Å².